The van der Waals surface area contributed by atoms with Crippen LogP contribution in [-0.2, 0) is 11.2 Å². The molecular formula is C18H20N4O4. The number of aromatic amines is 1. The smallest absolute Gasteiger partial charge is 0.416 e. The number of likely N-dealkylation sites (tertiary alicyclic amines) is 2. The minimum atomic E-state index is -0.627. The van der Waals surface area contributed by atoms with Crippen LogP contribution in [0.3, 0.4) is 0 Å². The monoisotopic (exact) mass is 356 g/mol. The van der Waals surface area contributed by atoms with Crippen molar-refractivity contribution in [2.75, 3.05) is 26.2 Å². The summed E-state index contributed by atoms with van der Waals surface area (Å²) >= 11 is 0. The van der Waals surface area contributed by atoms with E-state index in [2.05, 4.69) is 14.4 Å². The van der Waals surface area contributed by atoms with Crippen molar-refractivity contribution in [1.82, 2.24) is 19.8 Å². The van der Waals surface area contributed by atoms with Gasteiger partial charge in [-0.2, -0.15) is 0 Å². The van der Waals surface area contributed by atoms with E-state index >= 15 is 0 Å². The molecule has 136 valence electrons. The van der Waals surface area contributed by atoms with Crippen LogP contribution in [0.4, 0.5) is 0 Å². The maximum atomic E-state index is 12.5. The average molecular weight is 356 g/mol. The highest BCUT2D eigenvalue weighted by atomic mass is 16.4. The van der Waals surface area contributed by atoms with Crippen molar-refractivity contribution in [3.05, 3.63) is 52.6 Å². The maximum absolute atomic E-state index is 12.5. The summed E-state index contributed by atoms with van der Waals surface area (Å²) in [5.41, 5.74) is 1.10. The molecule has 2 aliphatic rings. The Labute approximate surface area is 149 Å². The number of hydrogen-bond donors (Lipinski definition) is 1. The third kappa shape index (κ3) is 3.26. The highest BCUT2D eigenvalue weighted by molar-refractivity contribution is 5.92. The Morgan fingerprint density at radius 2 is 1.88 bits per heavy atom. The fraction of sp³-hybridized carbons (Fsp3) is 0.444. The van der Waals surface area contributed by atoms with Crippen molar-refractivity contribution in [3.63, 3.8) is 0 Å². The Hall–Kier alpha value is -2.90. The van der Waals surface area contributed by atoms with Gasteiger partial charge in [-0.3, -0.25) is 19.6 Å². The van der Waals surface area contributed by atoms with Crippen molar-refractivity contribution in [1.29, 1.82) is 0 Å². The number of oxazole rings is 1. The molecule has 2 fully saturated rings. The predicted molar refractivity (Wildman–Crippen MR) is 91.4 cm³/mol. The molecule has 0 aliphatic carbocycles. The summed E-state index contributed by atoms with van der Waals surface area (Å²) in [6.45, 7) is 2.55. The molecule has 0 aromatic carbocycles. The van der Waals surface area contributed by atoms with Crippen LogP contribution in [0, 0.1) is 11.8 Å². The van der Waals surface area contributed by atoms with E-state index in [1.165, 1.54) is 0 Å². The molecule has 0 saturated carbocycles. The number of nitrogens with one attached hydrogen (secondary N) is 1. The Morgan fingerprint density at radius 1 is 1.15 bits per heavy atom. The van der Waals surface area contributed by atoms with Gasteiger partial charge in [0, 0.05) is 56.3 Å². The van der Waals surface area contributed by atoms with E-state index in [1.807, 2.05) is 23.1 Å². The molecule has 2 aromatic heterocycles. The van der Waals surface area contributed by atoms with Crippen molar-refractivity contribution >= 4 is 11.8 Å². The molecule has 8 nitrogen and oxygen atoms in total. The highest BCUT2D eigenvalue weighted by Gasteiger charge is 2.43. The van der Waals surface area contributed by atoms with Crippen molar-refractivity contribution in [2.45, 2.75) is 12.8 Å². The minimum Gasteiger partial charge on any atom is -0.416 e. The fourth-order valence-corrected chi connectivity index (χ4v) is 3.86. The summed E-state index contributed by atoms with van der Waals surface area (Å²) in [5.74, 6) is -0.134. The van der Waals surface area contributed by atoms with Gasteiger partial charge in [-0.1, -0.05) is 6.07 Å². The Balaban J connectivity index is 1.30. The zero-order valence-electron chi connectivity index (χ0n) is 14.3. The zero-order chi connectivity index (χ0) is 18.1. The maximum Gasteiger partial charge on any atom is 0.416 e. The average Bonchev–Trinajstić information content (AvgIpc) is 3.34. The second-order valence-electron chi connectivity index (χ2n) is 6.91. The summed E-state index contributed by atoms with van der Waals surface area (Å²) in [7, 11) is 0. The number of carbonyl (C=O) groups excluding carboxylic acids is 2. The van der Waals surface area contributed by atoms with Crippen molar-refractivity contribution in [2.24, 2.45) is 11.8 Å². The number of pyridine rings is 1. The second kappa shape index (κ2) is 6.78. The van der Waals surface area contributed by atoms with Crippen LogP contribution in [0.1, 0.15) is 22.6 Å². The molecule has 8 heteroatoms. The lowest BCUT2D eigenvalue weighted by Crippen LogP contribution is -2.36. The highest BCUT2D eigenvalue weighted by Crippen LogP contribution is 2.32. The van der Waals surface area contributed by atoms with Crippen LogP contribution in [0.2, 0.25) is 0 Å². The number of aryl methyl sites for hydroxylation is 1. The van der Waals surface area contributed by atoms with E-state index in [4.69, 9.17) is 0 Å². The van der Waals surface area contributed by atoms with Crippen LogP contribution in [0.5, 0.6) is 0 Å². The first kappa shape index (κ1) is 16.6. The van der Waals surface area contributed by atoms with E-state index in [-0.39, 0.29) is 29.3 Å². The lowest BCUT2D eigenvalue weighted by atomic mass is 10.0. The summed E-state index contributed by atoms with van der Waals surface area (Å²) in [5, 5.41) is 0. The second-order valence-corrected chi connectivity index (χ2v) is 6.91. The van der Waals surface area contributed by atoms with Gasteiger partial charge < -0.3 is 14.2 Å². The normalized spacial score (nSPS) is 21.8. The lowest BCUT2D eigenvalue weighted by molar-refractivity contribution is -0.130. The molecule has 2 atom stereocenters. The van der Waals surface area contributed by atoms with E-state index in [0.717, 1.165) is 12.0 Å². The van der Waals surface area contributed by atoms with Crippen LogP contribution >= 0.6 is 0 Å². The van der Waals surface area contributed by atoms with Gasteiger partial charge >= 0.3 is 5.76 Å². The quantitative estimate of drug-likeness (QED) is 0.861. The predicted octanol–water partition coefficient (Wildman–Crippen LogP) is 0.526. The number of nitrogens with zero attached hydrogens (tertiary/aromatic N) is 3. The van der Waals surface area contributed by atoms with Gasteiger partial charge in [0.15, 0.2) is 0 Å². The van der Waals surface area contributed by atoms with Crippen molar-refractivity contribution in [3.8, 4) is 0 Å². The molecule has 2 aromatic rings. The molecule has 0 spiro atoms. The summed E-state index contributed by atoms with van der Waals surface area (Å²) < 4.78 is 4.63. The summed E-state index contributed by atoms with van der Waals surface area (Å²) in [6, 6.07) is 5.71. The van der Waals surface area contributed by atoms with Gasteiger partial charge in [0.25, 0.3) is 5.91 Å². The van der Waals surface area contributed by atoms with Gasteiger partial charge in [0.1, 0.15) is 12.0 Å². The fourth-order valence-electron chi connectivity index (χ4n) is 3.86. The number of aromatic nitrogens is 2. The summed E-state index contributed by atoms with van der Waals surface area (Å²) in [4.78, 5) is 46.1. The number of rotatable bonds is 4. The van der Waals surface area contributed by atoms with Gasteiger partial charge in [-0.15, -0.1) is 0 Å². The standard InChI is InChI=1S/C18H20N4O4/c23-16(5-4-14-3-1-2-6-19-14)21-7-12-9-22(10-13(12)8-21)17(24)15-11-26-18(25)20-15/h1-3,6,11-13H,4-5,7-10H2,(H,20,25)/t12-,13+. The molecule has 0 radical (unpaired) electrons. The largest absolute Gasteiger partial charge is 0.416 e. The molecule has 26 heavy (non-hydrogen) atoms. The molecule has 0 unspecified atom stereocenters. The number of fused-ring (bicyclic) bond motifs is 1. The number of H-pyrrole nitrogens is 1. The third-order valence-corrected chi connectivity index (χ3v) is 5.20. The van der Waals surface area contributed by atoms with Gasteiger partial charge in [0.05, 0.1) is 0 Å². The molecular weight excluding hydrogens is 336 g/mol. The Bertz CT molecular complexity index is 845. The first-order valence-corrected chi connectivity index (χ1v) is 8.75. The Kier molecular flexibility index (Phi) is 4.32. The number of carbonyl (C=O) groups is 2. The van der Waals surface area contributed by atoms with Crippen LogP contribution in [0.15, 0.2) is 39.9 Å². The van der Waals surface area contributed by atoms with Gasteiger partial charge in [0.2, 0.25) is 5.91 Å². The third-order valence-electron chi connectivity index (χ3n) is 5.20. The molecule has 2 amide bonds. The molecule has 1 N–H and O–H groups in total. The lowest BCUT2D eigenvalue weighted by Gasteiger charge is -2.21. The van der Waals surface area contributed by atoms with Crippen molar-refractivity contribution < 1.29 is 14.0 Å². The van der Waals surface area contributed by atoms with Gasteiger partial charge in [-0.25, -0.2) is 4.79 Å². The van der Waals surface area contributed by atoms with E-state index in [0.29, 0.717) is 39.0 Å². The first-order chi connectivity index (χ1) is 12.6. The van der Waals surface area contributed by atoms with E-state index in [1.54, 1.807) is 11.1 Å². The summed E-state index contributed by atoms with van der Waals surface area (Å²) in [6.07, 6.45) is 3.99. The number of amides is 2. The molecule has 4 heterocycles. The molecule has 2 saturated heterocycles. The van der Waals surface area contributed by atoms with Crippen LogP contribution in [-0.4, -0.2) is 57.8 Å². The minimum absolute atomic E-state index is 0.141. The van der Waals surface area contributed by atoms with Crippen LogP contribution < -0.4 is 5.76 Å². The first-order valence-electron chi connectivity index (χ1n) is 8.75. The number of hydrogen-bond acceptors (Lipinski definition) is 5. The molecule has 2 aliphatic heterocycles. The topological polar surface area (TPSA) is 99.5 Å². The van der Waals surface area contributed by atoms with E-state index in [9.17, 15) is 14.4 Å². The molecule has 0 bridgehead atoms. The zero-order valence-corrected chi connectivity index (χ0v) is 14.3. The Morgan fingerprint density at radius 3 is 2.50 bits per heavy atom. The van der Waals surface area contributed by atoms with Gasteiger partial charge in [-0.05, 0) is 18.6 Å². The molecule has 4 rings (SSSR count). The van der Waals surface area contributed by atoms with Crippen LogP contribution in [0.25, 0.3) is 0 Å². The SMILES string of the molecule is O=C(CCc1ccccn1)N1C[C@@H]2CN(C(=O)c3coc(=O)[nH]3)C[C@@H]2C1. The van der Waals surface area contributed by atoms with E-state index < -0.39 is 5.76 Å².